The van der Waals surface area contributed by atoms with E-state index in [2.05, 4.69) is 130 Å². The van der Waals surface area contributed by atoms with E-state index in [0.29, 0.717) is 31.7 Å². The summed E-state index contributed by atoms with van der Waals surface area (Å²) >= 11 is 0. The molecule has 0 saturated carbocycles. The van der Waals surface area contributed by atoms with E-state index in [1.165, 1.54) is 18.2 Å². The molecule has 1 aromatic rings. The smallest absolute Gasteiger partial charge is 0.132 e. The molecule has 6 heteroatoms. The zero-order chi connectivity index (χ0) is 38.0. The SMILES string of the molecule is C#C.C=C/C=C\C/C(C)=C\C.C=C1CN(CC)C(=C)C(Cc2ccccc2)NC(=C)CNC(=C)C(CCCCCC(=O)CC)N1.CC.CN. The van der Waals surface area contributed by atoms with E-state index in [1.54, 1.807) is 6.08 Å². The van der Waals surface area contributed by atoms with Gasteiger partial charge in [0.05, 0.1) is 25.2 Å². The first kappa shape index (κ1) is 49.2. The standard InChI is InChI=1S/C29H44N4O.C9H14.C2H6.C2H2.CH5N/c1-7-27(34)17-13-10-14-18-28-24(5)30-20-22(3)31-29(19-26-15-11-9-12-16-26)25(6)33(8-2)21-23(4)32-28;1-4-6-7-8-9(3)5-2;3*1-2/h9,11-12,15-16,28-32H,3-8,10,13-14,17-21H2,1-2H3;4-7H,1,8H2,2-3H3;1-2H3;1-2H;2H2,1H3/b;7-6-,9-5-;;;. The highest BCUT2D eigenvalue weighted by molar-refractivity contribution is 5.77. The summed E-state index contributed by atoms with van der Waals surface area (Å²) in [5.74, 6) is 0.347. The second-order valence-electron chi connectivity index (χ2n) is 11.2. The molecule has 0 bridgehead atoms. The molecule has 2 atom stereocenters. The fraction of sp³-hybridized carbons (Fsp3) is 0.465. The highest BCUT2D eigenvalue weighted by Crippen LogP contribution is 2.18. The van der Waals surface area contributed by atoms with E-state index in [4.69, 9.17) is 0 Å². The molecule has 1 fully saturated rings. The number of allylic oxidation sites excluding steroid dienone is 5. The van der Waals surface area contributed by atoms with Crippen molar-refractivity contribution in [1.82, 2.24) is 20.9 Å². The van der Waals surface area contributed by atoms with Gasteiger partial charge in [0, 0.05) is 42.2 Å². The maximum absolute atomic E-state index is 11.6. The minimum atomic E-state index is 0.0405. The van der Waals surface area contributed by atoms with Crippen LogP contribution in [-0.4, -0.2) is 49.4 Å². The Morgan fingerprint density at radius 3 is 2.14 bits per heavy atom. The number of Topliss-reactive ketones (excluding diaryl/α,β-unsaturated/α-hetero) is 1. The van der Waals surface area contributed by atoms with Crippen LogP contribution >= 0.6 is 0 Å². The Morgan fingerprint density at radius 1 is 0.980 bits per heavy atom. The maximum Gasteiger partial charge on any atom is 0.132 e. The molecular weight excluding hydrogens is 603 g/mol. The van der Waals surface area contributed by atoms with Crippen molar-refractivity contribution in [2.45, 2.75) is 105 Å². The van der Waals surface area contributed by atoms with Crippen LogP contribution in [0, 0.1) is 12.8 Å². The number of benzene rings is 1. The lowest BCUT2D eigenvalue weighted by atomic mass is 10.0. The summed E-state index contributed by atoms with van der Waals surface area (Å²) in [4.78, 5) is 13.8. The lowest BCUT2D eigenvalue weighted by molar-refractivity contribution is -0.118. The van der Waals surface area contributed by atoms with Crippen LogP contribution in [-0.2, 0) is 11.2 Å². The Kier molecular flexibility index (Phi) is 33.8. The van der Waals surface area contributed by atoms with Crippen LogP contribution in [0.3, 0.4) is 0 Å². The molecule has 274 valence electrons. The van der Waals surface area contributed by atoms with Crippen LogP contribution in [0.15, 0.2) is 116 Å². The van der Waals surface area contributed by atoms with Crippen molar-refractivity contribution in [2.24, 2.45) is 5.73 Å². The minimum absolute atomic E-state index is 0.0405. The summed E-state index contributed by atoms with van der Waals surface area (Å²) in [6.45, 7) is 35.3. The van der Waals surface area contributed by atoms with Crippen molar-refractivity contribution in [1.29, 1.82) is 0 Å². The monoisotopic (exact) mass is 674 g/mol. The fourth-order valence-electron chi connectivity index (χ4n) is 4.73. The van der Waals surface area contributed by atoms with Crippen LogP contribution in [0.2, 0.25) is 0 Å². The number of terminal acetylenes is 1. The molecule has 0 aromatic heterocycles. The topological polar surface area (TPSA) is 82.4 Å². The zero-order valence-corrected chi connectivity index (χ0v) is 32.3. The Morgan fingerprint density at radius 2 is 1.59 bits per heavy atom. The van der Waals surface area contributed by atoms with Gasteiger partial charge in [-0.25, -0.2) is 0 Å². The molecule has 1 aromatic carbocycles. The second kappa shape index (κ2) is 33.7. The van der Waals surface area contributed by atoms with Gasteiger partial charge in [-0.1, -0.05) is 127 Å². The number of likely N-dealkylation sites (N-methyl/N-ethyl adjacent to an activating group) is 1. The lowest BCUT2D eigenvalue weighted by Gasteiger charge is -2.35. The number of carbonyl (C=O) groups excluding carboxylic acids is 1. The average Bonchev–Trinajstić information content (AvgIpc) is 3.14. The Bertz CT molecular complexity index is 1150. The second-order valence-corrected chi connectivity index (χ2v) is 11.2. The third-order valence-electron chi connectivity index (χ3n) is 7.61. The van der Waals surface area contributed by atoms with Crippen LogP contribution in [0.25, 0.3) is 0 Å². The molecule has 0 radical (unpaired) electrons. The summed E-state index contributed by atoms with van der Waals surface area (Å²) in [5.41, 5.74) is 11.0. The summed E-state index contributed by atoms with van der Waals surface area (Å²) < 4.78 is 0. The van der Waals surface area contributed by atoms with E-state index in [0.717, 1.165) is 67.9 Å². The molecule has 49 heavy (non-hydrogen) atoms. The third kappa shape index (κ3) is 24.6. The highest BCUT2D eigenvalue weighted by atomic mass is 16.1. The van der Waals surface area contributed by atoms with Crippen molar-refractivity contribution >= 4 is 5.78 Å². The van der Waals surface area contributed by atoms with Gasteiger partial charge in [-0.15, -0.1) is 12.8 Å². The lowest BCUT2D eigenvalue weighted by Crippen LogP contribution is -2.45. The number of unbranched alkanes of at least 4 members (excludes halogenated alkanes) is 2. The van der Waals surface area contributed by atoms with Gasteiger partial charge in [0.2, 0.25) is 0 Å². The number of nitrogens with two attached hydrogens (primary N) is 1. The predicted molar refractivity (Wildman–Crippen MR) is 219 cm³/mol. The van der Waals surface area contributed by atoms with E-state index in [9.17, 15) is 4.79 Å². The summed E-state index contributed by atoms with van der Waals surface area (Å²) in [7, 11) is 1.50. The number of hydrogen-bond acceptors (Lipinski definition) is 6. The molecule has 5 N–H and O–H groups in total. The fourth-order valence-corrected chi connectivity index (χ4v) is 4.73. The zero-order valence-electron chi connectivity index (χ0n) is 32.3. The molecule has 2 unspecified atom stereocenters. The van der Waals surface area contributed by atoms with Crippen LogP contribution < -0.4 is 21.7 Å². The maximum atomic E-state index is 11.6. The average molecular weight is 674 g/mol. The van der Waals surface area contributed by atoms with Gasteiger partial charge in [0.25, 0.3) is 0 Å². The Balaban J connectivity index is -0.00000119. The van der Waals surface area contributed by atoms with Crippen molar-refractivity contribution in [2.75, 3.05) is 26.7 Å². The van der Waals surface area contributed by atoms with Crippen molar-refractivity contribution in [3.05, 3.63) is 121 Å². The van der Waals surface area contributed by atoms with Crippen molar-refractivity contribution in [3.8, 4) is 12.8 Å². The molecule has 1 aliphatic heterocycles. The largest absolute Gasteiger partial charge is 0.382 e. The third-order valence-corrected chi connectivity index (χ3v) is 7.61. The Labute approximate surface area is 302 Å². The molecule has 0 amide bonds. The van der Waals surface area contributed by atoms with Crippen LogP contribution in [0.5, 0.6) is 0 Å². The molecule has 1 aliphatic rings. The number of nitrogens with zero attached hydrogens (tertiary/aromatic N) is 1. The summed E-state index contributed by atoms with van der Waals surface area (Å²) in [6, 6.07) is 10.6. The highest BCUT2D eigenvalue weighted by Gasteiger charge is 2.22. The first-order valence-corrected chi connectivity index (χ1v) is 17.8. The quantitative estimate of drug-likeness (QED) is 0.0724. The molecule has 2 rings (SSSR count). The van der Waals surface area contributed by atoms with Crippen molar-refractivity contribution in [3.63, 3.8) is 0 Å². The van der Waals surface area contributed by atoms with E-state index < -0.39 is 0 Å². The van der Waals surface area contributed by atoms with E-state index >= 15 is 0 Å². The van der Waals surface area contributed by atoms with Crippen molar-refractivity contribution < 1.29 is 4.79 Å². The van der Waals surface area contributed by atoms with Gasteiger partial charge >= 0.3 is 0 Å². The van der Waals surface area contributed by atoms with Gasteiger partial charge < -0.3 is 26.6 Å². The summed E-state index contributed by atoms with van der Waals surface area (Å²) in [6.07, 6.45) is 23.1. The molecule has 1 heterocycles. The number of rotatable bonds is 13. The van der Waals surface area contributed by atoms with Crippen LogP contribution in [0.1, 0.15) is 92.1 Å². The minimum Gasteiger partial charge on any atom is -0.382 e. The first-order valence-electron chi connectivity index (χ1n) is 17.8. The molecular formula is C43H71N5O. The van der Waals surface area contributed by atoms with Gasteiger partial charge in [-0.3, -0.25) is 4.79 Å². The Hall–Kier alpha value is -4.21. The molecule has 0 aliphatic carbocycles. The number of hydrogen-bond donors (Lipinski definition) is 4. The molecule has 6 nitrogen and oxygen atoms in total. The van der Waals surface area contributed by atoms with E-state index in [1.807, 2.05) is 32.9 Å². The predicted octanol–water partition coefficient (Wildman–Crippen LogP) is 8.99. The van der Waals surface area contributed by atoms with Gasteiger partial charge in [-0.2, -0.15) is 0 Å². The van der Waals surface area contributed by atoms with Gasteiger partial charge in [0.1, 0.15) is 5.78 Å². The summed E-state index contributed by atoms with van der Waals surface area (Å²) in [5, 5.41) is 10.7. The van der Waals surface area contributed by atoms with Gasteiger partial charge in [-0.05, 0) is 59.1 Å². The number of carbonyl (C=O) groups is 1. The van der Waals surface area contributed by atoms with Crippen LogP contribution in [0.4, 0.5) is 0 Å². The number of nitrogens with one attached hydrogen (secondary N) is 3. The number of ketones is 1. The first-order chi connectivity index (χ1) is 23.6. The van der Waals surface area contributed by atoms with E-state index in [-0.39, 0.29) is 12.1 Å². The van der Waals surface area contributed by atoms with Gasteiger partial charge in [0.15, 0.2) is 0 Å². The normalized spacial score (nSPS) is 16.4. The molecule has 0 spiro atoms. The molecule has 1 saturated heterocycles.